The minimum absolute atomic E-state index is 0.0393. The number of benzene rings is 1. The van der Waals surface area contributed by atoms with Gasteiger partial charge in [-0.05, 0) is 33.0 Å². The van der Waals surface area contributed by atoms with Crippen molar-refractivity contribution in [2.24, 2.45) is 0 Å². The zero-order valence-corrected chi connectivity index (χ0v) is 9.41. The van der Waals surface area contributed by atoms with Crippen LogP contribution in [0.2, 0.25) is 0 Å². The van der Waals surface area contributed by atoms with Gasteiger partial charge in [0.1, 0.15) is 6.61 Å². The molecule has 82 valence electrons. The van der Waals surface area contributed by atoms with Gasteiger partial charge in [-0.2, -0.15) is 0 Å². The summed E-state index contributed by atoms with van der Waals surface area (Å²) in [6, 6.07) is 7.77. The van der Waals surface area contributed by atoms with E-state index in [4.69, 9.17) is 9.47 Å². The van der Waals surface area contributed by atoms with Crippen molar-refractivity contribution in [3.05, 3.63) is 24.3 Å². The van der Waals surface area contributed by atoms with Crippen LogP contribution in [0.25, 0.3) is 0 Å². The minimum Gasteiger partial charge on any atom is -0.486 e. The highest BCUT2D eigenvalue weighted by Gasteiger charge is 2.33. The number of fused-ring (bicyclic) bond motifs is 1. The lowest BCUT2D eigenvalue weighted by atomic mass is 9.97. The van der Waals surface area contributed by atoms with Crippen molar-refractivity contribution in [1.82, 2.24) is 5.32 Å². The Balaban J connectivity index is 2.19. The maximum absolute atomic E-state index is 5.90. The van der Waals surface area contributed by atoms with Crippen LogP contribution in [0.3, 0.4) is 0 Å². The third kappa shape index (κ3) is 1.92. The average molecular weight is 207 g/mol. The minimum atomic E-state index is -0.0898. The summed E-state index contributed by atoms with van der Waals surface area (Å²) in [5.74, 6) is 1.66. The van der Waals surface area contributed by atoms with Crippen LogP contribution in [0.15, 0.2) is 24.3 Å². The lowest BCUT2D eigenvalue weighted by Gasteiger charge is -2.37. The third-order valence-corrected chi connectivity index (χ3v) is 2.96. The molecule has 0 bridgehead atoms. The highest BCUT2D eigenvalue weighted by molar-refractivity contribution is 5.41. The summed E-state index contributed by atoms with van der Waals surface area (Å²) in [4.78, 5) is 0. The molecule has 0 spiro atoms. The quantitative estimate of drug-likeness (QED) is 0.802. The van der Waals surface area contributed by atoms with E-state index in [9.17, 15) is 0 Å². The topological polar surface area (TPSA) is 30.5 Å². The molecule has 2 rings (SSSR count). The molecule has 0 amide bonds. The summed E-state index contributed by atoms with van der Waals surface area (Å²) in [5.41, 5.74) is -0.0898. The van der Waals surface area contributed by atoms with Crippen LogP contribution >= 0.6 is 0 Å². The van der Waals surface area contributed by atoms with E-state index in [1.54, 1.807) is 0 Å². The zero-order chi connectivity index (χ0) is 10.9. The second-order valence-corrected chi connectivity index (χ2v) is 4.34. The number of para-hydroxylation sites is 2. The molecular weight excluding hydrogens is 190 g/mol. The number of hydrogen-bond acceptors (Lipinski definition) is 3. The van der Waals surface area contributed by atoms with Gasteiger partial charge in [0.25, 0.3) is 0 Å². The molecule has 1 aromatic rings. The summed E-state index contributed by atoms with van der Waals surface area (Å²) in [7, 11) is 1.93. The van der Waals surface area contributed by atoms with Gasteiger partial charge in [-0.25, -0.2) is 0 Å². The summed E-state index contributed by atoms with van der Waals surface area (Å²) in [6.07, 6.45) is 0.0393. The van der Waals surface area contributed by atoms with Gasteiger partial charge in [0.05, 0.1) is 5.54 Å². The molecule has 3 nitrogen and oxygen atoms in total. The van der Waals surface area contributed by atoms with Gasteiger partial charge >= 0.3 is 0 Å². The van der Waals surface area contributed by atoms with E-state index in [0.717, 1.165) is 11.5 Å². The molecule has 0 saturated heterocycles. The molecule has 1 aliphatic rings. The van der Waals surface area contributed by atoms with E-state index in [1.807, 2.05) is 31.3 Å². The fourth-order valence-electron chi connectivity index (χ4n) is 1.54. The number of nitrogens with one attached hydrogen (secondary N) is 1. The largest absolute Gasteiger partial charge is 0.486 e. The van der Waals surface area contributed by atoms with E-state index < -0.39 is 0 Å². The van der Waals surface area contributed by atoms with Gasteiger partial charge < -0.3 is 14.8 Å². The fourth-order valence-corrected chi connectivity index (χ4v) is 1.54. The Morgan fingerprint density at radius 1 is 1.27 bits per heavy atom. The highest BCUT2D eigenvalue weighted by Crippen LogP contribution is 2.33. The monoisotopic (exact) mass is 207 g/mol. The molecule has 1 aromatic carbocycles. The molecule has 1 aliphatic heterocycles. The van der Waals surface area contributed by atoms with Gasteiger partial charge in [-0.15, -0.1) is 0 Å². The van der Waals surface area contributed by atoms with E-state index in [2.05, 4.69) is 19.2 Å². The molecule has 3 heteroatoms. The van der Waals surface area contributed by atoms with E-state index >= 15 is 0 Å². The molecule has 0 fully saturated rings. The van der Waals surface area contributed by atoms with Gasteiger partial charge in [0.2, 0.25) is 0 Å². The first kappa shape index (κ1) is 10.3. The van der Waals surface area contributed by atoms with Crippen molar-refractivity contribution in [3.63, 3.8) is 0 Å². The number of hydrogen-bond donors (Lipinski definition) is 1. The summed E-state index contributed by atoms with van der Waals surface area (Å²) in [6.45, 7) is 4.80. The molecule has 1 N–H and O–H groups in total. The Morgan fingerprint density at radius 2 is 1.93 bits per heavy atom. The number of likely N-dealkylation sites (N-methyl/N-ethyl adjacent to an activating group) is 1. The van der Waals surface area contributed by atoms with Crippen molar-refractivity contribution in [1.29, 1.82) is 0 Å². The first-order valence-electron chi connectivity index (χ1n) is 5.21. The molecule has 0 radical (unpaired) electrons. The standard InChI is InChI=1S/C12H17NO2/c1-12(2,13-3)11-8-14-9-6-4-5-7-10(9)15-11/h4-7,11,13H,8H2,1-3H3. The molecule has 1 heterocycles. The van der Waals surface area contributed by atoms with Crippen molar-refractivity contribution >= 4 is 0 Å². The molecule has 0 aromatic heterocycles. The molecule has 15 heavy (non-hydrogen) atoms. The average Bonchev–Trinajstić information content (AvgIpc) is 2.28. The molecule has 1 unspecified atom stereocenters. The third-order valence-electron chi connectivity index (χ3n) is 2.96. The normalized spacial score (nSPS) is 20.1. The molecule has 0 aliphatic carbocycles. The van der Waals surface area contributed by atoms with Crippen LogP contribution in [0, 0.1) is 0 Å². The smallest absolute Gasteiger partial charge is 0.161 e. The van der Waals surface area contributed by atoms with E-state index in [0.29, 0.717) is 6.61 Å². The fraction of sp³-hybridized carbons (Fsp3) is 0.500. The maximum Gasteiger partial charge on any atom is 0.161 e. The predicted octanol–water partition coefficient (Wildman–Crippen LogP) is 1.82. The Morgan fingerprint density at radius 3 is 2.60 bits per heavy atom. The molecule has 1 atom stereocenters. The van der Waals surface area contributed by atoms with Crippen molar-refractivity contribution < 1.29 is 9.47 Å². The second kappa shape index (κ2) is 3.74. The van der Waals surface area contributed by atoms with Crippen molar-refractivity contribution in [2.45, 2.75) is 25.5 Å². The van der Waals surface area contributed by atoms with Gasteiger partial charge in [-0.1, -0.05) is 12.1 Å². The van der Waals surface area contributed by atoms with Crippen LogP contribution in [-0.2, 0) is 0 Å². The van der Waals surface area contributed by atoms with Crippen LogP contribution in [0.4, 0.5) is 0 Å². The van der Waals surface area contributed by atoms with E-state index in [-0.39, 0.29) is 11.6 Å². The van der Waals surface area contributed by atoms with Gasteiger partial charge in [0, 0.05) is 0 Å². The Kier molecular flexibility index (Phi) is 2.57. The number of ether oxygens (including phenoxy) is 2. The Hall–Kier alpha value is -1.22. The Bertz CT molecular complexity index is 349. The van der Waals surface area contributed by atoms with Crippen LogP contribution in [0.5, 0.6) is 11.5 Å². The molecule has 0 saturated carbocycles. The zero-order valence-electron chi connectivity index (χ0n) is 9.41. The van der Waals surface area contributed by atoms with Gasteiger partial charge in [0.15, 0.2) is 17.6 Å². The van der Waals surface area contributed by atoms with Crippen LogP contribution in [-0.4, -0.2) is 25.3 Å². The van der Waals surface area contributed by atoms with Crippen molar-refractivity contribution in [2.75, 3.05) is 13.7 Å². The predicted molar refractivity (Wildman–Crippen MR) is 59.5 cm³/mol. The first-order valence-corrected chi connectivity index (χ1v) is 5.21. The van der Waals surface area contributed by atoms with Crippen LogP contribution in [0.1, 0.15) is 13.8 Å². The SMILES string of the molecule is CNC(C)(C)C1COc2ccccc2O1. The van der Waals surface area contributed by atoms with Crippen molar-refractivity contribution in [3.8, 4) is 11.5 Å². The maximum atomic E-state index is 5.90. The number of rotatable bonds is 2. The lowest BCUT2D eigenvalue weighted by Crippen LogP contribution is -2.54. The Labute approximate surface area is 90.4 Å². The van der Waals surface area contributed by atoms with Crippen LogP contribution < -0.4 is 14.8 Å². The summed E-state index contributed by atoms with van der Waals surface area (Å²) >= 11 is 0. The second-order valence-electron chi connectivity index (χ2n) is 4.34. The van der Waals surface area contributed by atoms with Gasteiger partial charge in [-0.3, -0.25) is 0 Å². The van der Waals surface area contributed by atoms with E-state index in [1.165, 1.54) is 0 Å². The lowest BCUT2D eigenvalue weighted by molar-refractivity contribution is 0.0336. The molecular formula is C12H17NO2. The first-order chi connectivity index (χ1) is 7.13. The summed E-state index contributed by atoms with van der Waals surface area (Å²) < 4.78 is 11.6. The summed E-state index contributed by atoms with van der Waals surface area (Å²) in [5, 5.41) is 3.24. The highest BCUT2D eigenvalue weighted by atomic mass is 16.6.